The van der Waals surface area contributed by atoms with E-state index in [-0.39, 0.29) is 0 Å². The lowest BCUT2D eigenvalue weighted by Gasteiger charge is -2.31. The van der Waals surface area contributed by atoms with Crippen LogP contribution in [0, 0.1) is 18.3 Å². The summed E-state index contributed by atoms with van der Waals surface area (Å²) in [6.07, 6.45) is 2.28. The van der Waals surface area contributed by atoms with E-state index in [0.29, 0.717) is 17.4 Å². The highest BCUT2D eigenvalue weighted by molar-refractivity contribution is 7.09. The third-order valence-corrected chi connectivity index (χ3v) is 4.69. The summed E-state index contributed by atoms with van der Waals surface area (Å²) < 4.78 is 0. The van der Waals surface area contributed by atoms with Crippen LogP contribution in [0.15, 0.2) is 5.38 Å². The maximum absolute atomic E-state index is 4.58. The largest absolute Gasteiger partial charge is 0.314 e. The fourth-order valence-corrected chi connectivity index (χ4v) is 2.87. The molecule has 1 rings (SSSR count). The molecule has 3 heteroatoms. The van der Waals surface area contributed by atoms with Crippen molar-refractivity contribution in [1.29, 1.82) is 0 Å². The van der Waals surface area contributed by atoms with Crippen LogP contribution < -0.4 is 5.32 Å². The summed E-state index contributed by atoms with van der Waals surface area (Å²) in [7, 11) is 0. The van der Waals surface area contributed by atoms with Crippen LogP contribution in [-0.4, -0.2) is 17.6 Å². The Kier molecular flexibility index (Phi) is 5.80. The molecule has 0 fully saturated rings. The molecule has 0 saturated heterocycles. The first-order valence-electron chi connectivity index (χ1n) is 6.97. The van der Waals surface area contributed by atoms with Gasteiger partial charge < -0.3 is 5.32 Å². The van der Waals surface area contributed by atoms with E-state index in [0.717, 1.165) is 18.7 Å². The van der Waals surface area contributed by atoms with Crippen LogP contribution in [-0.2, 0) is 6.42 Å². The van der Waals surface area contributed by atoms with Gasteiger partial charge in [-0.3, -0.25) is 0 Å². The minimum absolute atomic E-state index is 0.381. The van der Waals surface area contributed by atoms with Gasteiger partial charge in [-0.15, -0.1) is 11.3 Å². The van der Waals surface area contributed by atoms with E-state index in [1.165, 1.54) is 11.4 Å². The highest BCUT2D eigenvalue weighted by atomic mass is 32.1. The Hall–Kier alpha value is -0.410. The van der Waals surface area contributed by atoms with Crippen molar-refractivity contribution in [3.05, 3.63) is 16.1 Å². The molecule has 1 aromatic rings. The predicted molar refractivity (Wildman–Crippen MR) is 81.3 cm³/mol. The lowest BCUT2D eigenvalue weighted by atomic mass is 9.78. The molecule has 1 aromatic heterocycles. The van der Waals surface area contributed by atoms with E-state index in [9.17, 15) is 0 Å². The predicted octanol–water partition coefficient (Wildman–Crippen LogP) is 4.04. The molecular weight excluding hydrogens is 240 g/mol. The molecule has 104 valence electrons. The number of hydrogen-bond donors (Lipinski definition) is 1. The van der Waals surface area contributed by atoms with E-state index in [2.05, 4.69) is 57.2 Å². The summed E-state index contributed by atoms with van der Waals surface area (Å²) in [5, 5.41) is 7.02. The van der Waals surface area contributed by atoms with Crippen molar-refractivity contribution < 1.29 is 0 Å². The van der Waals surface area contributed by atoms with Crippen LogP contribution in [0.2, 0.25) is 0 Å². The molecule has 0 aliphatic heterocycles. The average Bonchev–Trinajstić information content (AvgIpc) is 2.62. The molecule has 0 aromatic carbocycles. The molecule has 0 spiro atoms. The van der Waals surface area contributed by atoms with E-state index >= 15 is 0 Å². The van der Waals surface area contributed by atoms with Gasteiger partial charge >= 0.3 is 0 Å². The molecule has 0 aliphatic rings. The van der Waals surface area contributed by atoms with Gasteiger partial charge in [-0.1, -0.05) is 34.6 Å². The minimum atomic E-state index is 0.381. The number of nitrogens with one attached hydrogen (secondary N) is 1. The SMILES string of the molecule is CCNC(Cc1nc(C)cs1)CC(C)C(C)(C)C. The summed E-state index contributed by atoms with van der Waals surface area (Å²) in [5.41, 5.74) is 1.53. The molecule has 2 unspecified atom stereocenters. The maximum atomic E-state index is 4.58. The van der Waals surface area contributed by atoms with Gasteiger partial charge in [0.05, 0.1) is 5.01 Å². The fourth-order valence-electron chi connectivity index (χ4n) is 2.02. The molecule has 1 N–H and O–H groups in total. The van der Waals surface area contributed by atoms with Crippen molar-refractivity contribution in [1.82, 2.24) is 10.3 Å². The molecule has 1 heterocycles. The molecule has 0 saturated carbocycles. The quantitative estimate of drug-likeness (QED) is 0.842. The first-order valence-corrected chi connectivity index (χ1v) is 7.85. The monoisotopic (exact) mass is 268 g/mol. The number of aromatic nitrogens is 1. The van der Waals surface area contributed by atoms with E-state index in [1.807, 2.05) is 0 Å². The van der Waals surface area contributed by atoms with E-state index in [4.69, 9.17) is 0 Å². The van der Waals surface area contributed by atoms with Crippen molar-refractivity contribution in [3.8, 4) is 0 Å². The molecule has 0 radical (unpaired) electrons. The molecule has 18 heavy (non-hydrogen) atoms. The van der Waals surface area contributed by atoms with Gasteiger partial charge in [-0.25, -0.2) is 4.98 Å². The Balaban J connectivity index is 2.60. The molecule has 2 nitrogen and oxygen atoms in total. The fraction of sp³-hybridized carbons (Fsp3) is 0.800. The maximum Gasteiger partial charge on any atom is 0.0943 e. The van der Waals surface area contributed by atoms with Gasteiger partial charge in [0.25, 0.3) is 0 Å². The second kappa shape index (κ2) is 6.67. The zero-order valence-corrected chi connectivity index (χ0v) is 13.5. The van der Waals surface area contributed by atoms with Gasteiger partial charge in [0.2, 0.25) is 0 Å². The average molecular weight is 268 g/mol. The number of hydrogen-bond acceptors (Lipinski definition) is 3. The molecule has 0 aliphatic carbocycles. The number of aryl methyl sites for hydroxylation is 1. The Morgan fingerprint density at radius 1 is 1.39 bits per heavy atom. The van der Waals surface area contributed by atoms with Crippen LogP contribution in [0.25, 0.3) is 0 Å². The molecule has 0 bridgehead atoms. The third-order valence-electron chi connectivity index (χ3n) is 3.70. The standard InChI is InChI=1S/C15H28N2S/c1-7-16-13(8-11(2)15(4,5)6)9-14-17-12(3)10-18-14/h10-11,13,16H,7-9H2,1-6H3. The Morgan fingerprint density at radius 2 is 2.06 bits per heavy atom. The second-order valence-corrected chi connectivity index (χ2v) is 7.29. The van der Waals surface area contributed by atoms with Gasteiger partial charge in [0, 0.05) is 23.5 Å². The first-order chi connectivity index (χ1) is 8.32. The topological polar surface area (TPSA) is 24.9 Å². The highest BCUT2D eigenvalue weighted by Gasteiger charge is 2.23. The van der Waals surface area contributed by atoms with Gasteiger partial charge in [-0.2, -0.15) is 0 Å². The van der Waals surface area contributed by atoms with Crippen LogP contribution in [0.4, 0.5) is 0 Å². The van der Waals surface area contributed by atoms with Crippen LogP contribution >= 0.6 is 11.3 Å². The number of likely N-dealkylation sites (N-methyl/N-ethyl adjacent to an activating group) is 1. The number of rotatable bonds is 6. The van der Waals surface area contributed by atoms with Crippen molar-refractivity contribution in [2.45, 2.75) is 60.4 Å². The smallest absolute Gasteiger partial charge is 0.0943 e. The summed E-state index contributed by atoms with van der Waals surface area (Å²) in [6.45, 7) is 14.6. The molecule has 0 amide bonds. The van der Waals surface area contributed by atoms with Crippen molar-refractivity contribution in [2.75, 3.05) is 6.54 Å². The summed E-state index contributed by atoms with van der Waals surface area (Å²) in [5.74, 6) is 0.711. The first kappa shape index (κ1) is 15.6. The Labute approximate surface area is 116 Å². The summed E-state index contributed by atoms with van der Waals surface area (Å²) >= 11 is 1.79. The summed E-state index contributed by atoms with van der Waals surface area (Å²) in [6, 6.07) is 0.551. The third kappa shape index (κ3) is 5.07. The zero-order valence-electron chi connectivity index (χ0n) is 12.7. The normalized spacial score (nSPS) is 15.7. The lowest BCUT2D eigenvalue weighted by Crippen LogP contribution is -2.35. The van der Waals surface area contributed by atoms with Crippen LogP contribution in [0.3, 0.4) is 0 Å². The molecule has 2 atom stereocenters. The van der Waals surface area contributed by atoms with Crippen LogP contribution in [0.5, 0.6) is 0 Å². The lowest BCUT2D eigenvalue weighted by molar-refractivity contribution is 0.222. The number of nitrogens with zero attached hydrogens (tertiary/aromatic N) is 1. The Bertz CT molecular complexity index is 352. The minimum Gasteiger partial charge on any atom is -0.314 e. The van der Waals surface area contributed by atoms with Gasteiger partial charge in [0.1, 0.15) is 0 Å². The second-order valence-electron chi connectivity index (χ2n) is 6.34. The van der Waals surface area contributed by atoms with Crippen molar-refractivity contribution >= 4 is 11.3 Å². The van der Waals surface area contributed by atoms with E-state index < -0.39 is 0 Å². The number of thiazole rings is 1. The molecular formula is C15H28N2S. The van der Waals surface area contributed by atoms with E-state index in [1.54, 1.807) is 11.3 Å². The zero-order chi connectivity index (χ0) is 13.8. The van der Waals surface area contributed by atoms with Gasteiger partial charge in [-0.05, 0) is 31.2 Å². The summed E-state index contributed by atoms with van der Waals surface area (Å²) in [4.78, 5) is 4.58. The van der Waals surface area contributed by atoms with Crippen LogP contribution in [0.1, 0.15) is 51.7 Å². The van der Waals surface area contributed by atoms with Crippen molar-refractivity contribution in [2.24, 2.45) is 11.3 Å². The van der Waals surface area contributed by atoms with Gasteiger partial charge in [0.15, 0.2) is 0 Å². The highest BCUT2D eigenvalue weighted by Crippen LogP contribution is 2.29. The van der Waals surface area contributed by atoms with Crippen molar-refractivity contribution in [3.63, 3.8) is 0 Å². The Morgan fingerprint density at radius 3 is 2.50 bits per heavy atom.